The maximum absolute atomic E-state index is 5.61. The first-order chi connectivity index (χ1) is 10.1. The molecular weight excluding hydrogens is 264 g/mol. The van der Waals surface area contributed by atoms with Crippen molar-refractivity contribution in [2.75, 3.05) is 5.32 Å². The number of ether oxygens (including phenoxy) is 1. The Bertz CT molecular complexity index is 569. The standard InChI is InChI=1S/C16H22N4O/c1-11(2)21-16-10-18-9-15(20-16)19-12(3)14-6-4-13(8-17)5-7-14/h4-7,9-12H,8,17H2,1-3H3,(H,19,20). The highest BCUT2D eigenvalue weighted by Crippen LogP contribution is 2.19. The molecule has 112 valence electrons. The zero-order chi connectivity index (χ0) is 15.2. The Morgan fingerprint density at radius 3 is 2.48 bits per heavy atom. The maximum atomic E-state index is 5.61. The first kappa shape index (κ1) is 15.3. The van der Waals surface area contributed by atoms with Crippen LogP contribution in [0.5, 0.6) is 5.88 Å². The van der Waals surface area contributed by atoms with Gasteiger partial charge in [0.1, 0.15) is 5.82 Å². The fourth-order valence-electron chi connectivity index (χ4n) is 1.96. The highest BCUT2D eigenvalue weighted by atomic mass is 16.5. The van der Waals surface area contributed by atoms with Gasteiger partial charge in [-0.3, -0.25) is 4.98 Å². The van der Waals surface area contributed by atoms with Gasteiger partial charge in [0, 0.05) is 12.6 Å². The van der Waals surface area contributed by atoms with Gasteiger partial charge in [-0.15, -0.1) is 0 Å². The quantitative estimate of drug-likeness (QED) is 0.854. The van der Waals surface area contributed by atoms with E-state index in [0.29, 0.717) is 18.2 Å². The van der Waals surface area contributed by atoms with E-state index in [4.69, 9.17) is 10.5 Å². The number of nitrogens with one attached hydrogen (secondary N) is 1. The molecule has 1 aromatic heterocycles. The first-order valence-corrected chi connectivity index (χ1v) is 7.12. The molecule has 1 heterocycles. The SMILES string of the molecule is CC(C)Oc1cncc(NC(C)c2ccc(CN)cc2)n1. The smallest absolute Gasteiger partial charge is 0.234 e. The summed E-state index contributed by atoms with van der Waals surface area (Å²) in [4.78, 5) is 8.54. The predicted molar refractivity (Wildman–Crippen MR) is 84.2 cm³/mol. The zero-order valence-electron chi connectivity index (χ0n) is 12.7. The topological polar surface area (TPSA) is 73.1 Å². The predicted octanol–water partition coefficient (Wildman–Crippen LogP) is 2.90. The summed E-state index contributed by atoms with van der Waals surface area (Å²) < 4.78 is 5.54. The third kappa shape index (κ3) is 4.43. The van der Waals surface area contributed by atoms with Crippen molar-refractivity contribution in [3.8, 4) is 5.88 Å². The van der Waals surface area contributed by atoms with Gasteiger partial charge in [0.15, 0.2) is 0 Å². The molecule has 0 radical (unpaired) electrons. The van der Waals surface area contributed by atoms with Crippen molar-refractivity contribution < 1.29 is 4.74 Å². The van der Waals surface area contributed by atoms with E-state index in [0.717, 1.165) is 5.56 Å². The third-order valence-electron chi connectivity index (χ3n) is 3.05. The lowest BCUT2D eigenvalue weighted by Gasteiger charge is -2.16. The van der Waals surface area contributed by atoms with Gasteiger partial charge in [-0.25, -0.2) is 0 Å². The lowest BCUT2D eigenvalue weighted by atomic mass is 10.1. The van der Waals surface area contributed by atoms with Gasteiger partial charge in [0.2, 0.25) is 5.88 Å². The molecule has 3 N–H and O–H groups in total. The lowest BCUT2D eigenvalue weighted by molar-refractivity contribution is 0.232. The maximum Gasteiger partial charge on any atom is 0.234 e. The molecule has 5 heteroatoms. The normalized spacial score (nSPS) is 12.2. The Kier molecular flexibility index (Phi) is 5.11. The van der Waals surface area contributed by atoms with Gasteiger partial charge in [-0.1, -0.05) is 24.3 Å². The minimum atomic E-state index is 0.0794. The number of rotatable bonds is 6. The van der Waals surface area contributed by atoms with Gasteiger partial charge >= 0.3 is 0 Å². The Labute approximate surface area is 125 Å². The van der Waals surface area contributed by atoms with E-state index < -0.39 is 0 Å². The van der Waals surface area contributed by atoms with Crippen molar-refractivity contribution >= 4 is 5.82 Å². The molecule has 0 saturated heterocycles. The highest BCUT2D eigenvalue weighted by molar-refractivity contribution is 5.38. The van der Waals surface area contributed by atoms with E-state index in [2.05, 4.69) is 34.3 Å². The van der Waals surface area contributed by atoms with Crippen molar-refractivity contribution in [1.82, 2.24) is 9.97 Å². The van der Waals surface area contributed by atoms with Crippen LogP contribution in [0.3, 0.4) is 0 Å². The Balaban J connectivity index is 2.05. The van der Waals surface area contributed by atoms with E-state index in [1.165, 1.54) is 5.56 Å². The molecular formula is C16H22N4O. The second-order valence-corrected chi connectivity index (χ2v) is 5.22. The van der Waals surface area contributed by atoms with Crippen LogP contribution in [0.25, 0.3) is 0 Å². The molecule has 0 aliphatic heterocycles. The second-order valence-electron chi connectivity index (χ2n) is 5.22. The molecule has 1 aromatic carbocycles. The van der Waals surface area contributed by atoms with Crippen molar-refractivity contribution in [1.29, 1.82) is 0 Å². The van der Waals surface area contributed by atoms with Crippen LogP contribution in [0.4, 0.5) is 5.82 Å². The van der Waals surface area contributed by atoms with Crippen molar-refractivity contribution in [3.05, 3.63) is 47.8 Å². The van der Waals surface area contributed by atoms with E-state index in [-0.39, 0.29) is 12.1 Å². The van der Waals surface area contributed by atoms with Crippen LogP contribution in [0, 0.1) is 0 Å². The van der Waals surface area contributed by atoms with Crippen LogP contribution in [0.15, 0.2) is 36.7 Å². The monoisotopic (exact) mass is 286 g/mol. The molecule has 5 nitrogen and oxygen atoms in total. The summed E-state index contributed by atoms with van der Waals surface area (Å²) in [6.45, 7) is 6.56. The molecule has 1 unspecified atom stereocenters. The molecule has 2 rings (SSSR count). The van der Waals surface area contributed by atoms with Gasteiger partial charge < -0.3 is 15.8 Å². The van der Waals surface area contributed by atoms with Crippen molar-refractivity contribution in [2.24, 2.45) is 5.73 Å². The summed E-state index contributed by atoms with van der Waals surface area (Å²) in [6.07, 6.45) is 3.39. The Morgan fingerprint density at radius 1 is 1.14 bits per heavy atom. The number of nitrogens with two attached hydrogens (primary N) is 1. The first-order valence-electron chi connectivity index (χ1n) is 7.12. The molecule has 0 aliphatic carbocycles. The van der Waals surface area contributed by atoms with Crippen LogP contribution in [-0.4, -0.2) is 16.1 Å². The van der Waals surface area contributed by atoms with Gasteiger partial charge in [0.25, 0.3) is 0 Å². The molecule has 0 spiro atoms. The van der Waals surface area contributed by atoms with Crippen molar-refractivity contribution in [3.63, 3.8) is 0 Å². The van der Waals surface area contributed by atoms with Crippen LogP contribution < -0.4 is 15.8 Å². The summed E-state index contributed by atoms with van der Waals surface area (Å²) in [6, 6.07) is 8.35. The molecule has 1 atom stereocenters. The number of anilines is 1. The molecule has 0 amide bonds. The van der Waals surface area contributed by atoms with E-state index >= 15 is 0 Å². The summed E-state index contributed by atoms with van der Waals surface area (Å²) in [7, 11) is 0. The minimum absolute atomic E-state index is 0.0794. The second kappa shape index (κ2) is 7.04. The highest BCUT2D eigenvalue weighted by Gasteiger charge is 2.08. The van der Waals surface area contributed by atoms with Crippen LogP contribution in [0.1, 0.15) is 37.9 Å². The average molecular weight is 286 g/mol. The summed E-state index contributed by atoms with van der Waals surface area (Å²) >= 11 is 0. The lowest BCUT2D eigenvalue weighted by Crippen LogP contribution is -2.11. The Hall–Kier alpha value is -2.14. The van der Waals surface area contributed by atoms with Gasteiger partial charge in [-0.05, 0) is 31.9 Å². The van der Waals surface area contributed by atoms with Crippen LogP contribution in [0.2, 0.25) is 0 Å². The molecule has 0 bridgehead atoms. The van der Waals surface area contributed by atoms with Crippen molar-refractivity contribution in [2.45, 2.75) is 39.5 Å². The Morgan fingerprint density at radius 2 is 1.86 bits per heavy atom. The van der Waals surface area contributed by atoms with E-state index in [1.54, 1.807) is 12.4 Å². The summed E-state index contributed by atoms with van der Waals surface area (Å²) in [5.41, 5.74) is 7.90. The fourth-order valence-corrected chi connectivity index (χ4v) is 1.96. The number of aromatic nitrogens is 2. The summed E-state index contributed by atoms with van der Waals surface area (Å²) in [5.74, 6) is 1.23. The molecule has 0 saturated carbocycles. The number of hydrogen-bond acceptors (Lipinski definition) is 5. The molecule has 0 aliphatic rings. The molecule has 2 aromatic rings. The number of benzene rings is 1. The van der Waals surface area contributed by atoms with Crippen LogP contribution >= 0.6 is 0 Å². The number of hydrogen-bond donors (Lipinski definition) is 2. The zero-order valence-corrected chi connectivity index (χ0v) is 12.7. The van der Waals surface area contributed by atoms with Crippen LogP contribution in [-0.2, 0) is 6.54 Å². The fraction of sp³-hybridized carbons (Fsp3) is 0.375. The van der Waals surface area contributed by atoms with E-state index in [1.807, 2.05) is 26.0 Å². The molecule has 21 heavy (non-hydrogen) atoms. The largest absolute Gasteiger partial charge is 0.474 e. The molecule has 0 fully saturated rings. The van der Waals surface area contributed by atoms with E-state index in [9.17, 15) is 0 Å². The minimum Gasteiger partial charge on any atom is -0.474 e. The van der Waals surface area contributed by atoms with Gasteiger partial charge in [0.05, 0.1) is 18.5 Å². The average Bonchev–Trinajstić information content (AvgIpc) is 2.47. The summed E-state index contributed by atoms with van der Waals surface area (Å²) in [5, 5.41) is 3.32. The number of nitrogens with zero attached hydrogens (tertiary/aromatic N) is 2. The van der Waals surface area contributed by atoms with Gasteiger partial charge in [-0.2, -0.15) is 4.98 Å². The third-order valence-corrected chi connectivity index (χ3v) is 3.05.